The number of carbonyl (C=O) groups excluding carboxylic acids is 1. The first-order valence-electron chi connectivity index (χ1n) is 7.49. The van der Waals surface area contributed by atoms with Crippen LogP contribution < -0.4 is 10.6 Å². The molecule has 0 aromatic rings. The van der Waals surface area contributed by atoms with Gasteiger partial charge in [-0.05, 0) is 45.2 Å². The second-order valence-electron chi connectivity index (χ2n) is 5.58. The van der Waals surface area contributed by atoms with Crippen molar-refractivity contribution in [2.24, 2.45) is 0 Å². The molecular formula is C14H29Cl2N3O. The molecule has 2 fully saturated rings. The van der Waals surface area contributed by atoms with Crippen molar-refractivity contribution in [3.63, 3.8) is 0 Å². The zero-order valence-corrected chi connectivity index (χ0v) is 14.2. The molecule has 120 valence electrons. The third-order valence-electron chi connectivity index (χ3n) is 4.44. The molecule has 2 rings (SSSR count). The lowest BCUT2D eigenvalue weighted by atomic mass is 9.93. The summed E-state index contributed by atoms with van der Waals surface area (Å²) in [5, 5.41) is 6.50. The topological polar surface area (TPSA) is 44.4 Å². The van der Waals surface area contributed by atoms with Gasteiger partial charge in [-0.1, -0.05) is 13.8 Å². The van der Waals surface area contributed by atoms with Crippen molar-refractivity contribution in [2.75, 3.05) is 26.2 Å². The quantitative estimate of drug-likeness (QED) is 0.752. The summed E-state index contributed by atoms with van der Waals surface area (Å²) in [6, 6.07) is 0.789. The van der Waals surface area contributed by atoms with Gasteiger partial charge in [-0.25, -0.2) is 0 Å². The number of nitrogens with zero attached hydrogens (tertiary/aromatic N) is 1. The molecule has 20 heavy (non-hydrogen) atoms. The molecule has 1 aliphatic heterocycles. The summed E-state index contributed by atoms with van der Waals surface area (Å²) < 4.78 is 0. The average molecular weight is 326 g/mol. The van der Waals surface area contributed by atoms with E-state index >= 15 is 0 Å². The molecule has 1 atom stereocenters. The largest absolute Gasteiger partial charge is 0.353 e. The first-order chi connectivity index (χ1) is 8.72. The summed E-state index contributed by atoms with van der Waals surface area (Å²) in [5.74, 6) is 0.203. The Bertz CT molecular complexity index is 292. The van der Waals surface area contributed by atoms with Crippen LogP contribution in [0.15, 0.2) is 0 Å². The molecule has 0 aromatic heterocycles. The van der Waals surface area contributed by atoms with Gasteiger partial charge in [-0.3, -0.25) is 9.69 Å². The molecule has 0 aromatic carbocycles. The fourth-order valence-corrected chi connectivity index (χ4v) is 2.98. The van der Waals surface area contributed by atoms with Crippen LogP contribution in [0.2, 0.25) is 0 Å². The molecule has 0 radical (unpaired) electrons. The minimum Gasteiger partial charge on any atom is -0.353 e. The van der Waals surface area contributed by atoms with Crippen LogP contribution >= 0.6 is 24.8 Å². The molecule has 2 aliphatic rings. The van der Waals surface area contributed by atoms with Crippen LogP contribution in [0.5, 0.6) is 0 Å². The number of nitrogens with one attached hydrogen (secondary N) is 2. The van der Waals surface area contributed by atoms with Crippen molar-refractivity contribution >= 4 is 30.7 Å². The second kappa shape index (κ2) is 9.08. The van der Waals surface area contributed by atoms with Crippen molar-refractivity contribution in [1.82, 2.24) is 15.5 Å². The maximum absolute atomic E-state index is 12.3. The highest BCUT2D eigenvalue weighted by atomic mass is 35.5. The van der Waals surface area contributed by atoms with E-state index in [1.807, 2.05) is 0 Å². The van der Waals surface area contributed by atoms with E-state index in [1.165, 1.54) is 12.8 Å². The van der Waals surface area contributed by atoms with E-state index < -0.39 is 0 Å². The van der Waals surface area contributed by atoms with Gasteiger partial charge in [0.05, 0.1) is 5.54 Å². The second-order valence-corrected chi connectivity index (χ2v) is 5.58. The number of halogens is 2. The summed E-state index contributed by atoms with van der Waals surface area (Å²) in [7, 11) is 0. The smallest absolute Gasteiger partial charge is 0.240 e. The predicted molar refractivity (Wildman–Crippen MR) is 88.0 cm³/mol. The van der Waals surface area contributed by atoms with Crippen molar-refractivity contribution < 1.29 is 4.79 Å². The molecule has 1 saturated carbocycles. The fraction of sp³-hybridized carbons (Fsp3) is 0.929. The van der Waals surface area contributed by atoms with Crippen LogP contribution in [0.25, 0.3) is 0 Å². The Balaban J connectivity index is 0.00000180. The number of carbonyl (C=O) groups is 1. The third-order valence-corrected chi connectivity index (χ3v) is 4.44. The number of likely N-dealkylation sites (N-methyl/N-ethyl adjacent to an activating group) is 1. The Morgan fingerprint density at radius 3 is 2.50 bits per heavy atom. The number of hydrogen-bond acceptors (Lipinski definition) is 3. The van der Waals surface area contributed by atoms with Gasteiger partial charge >= 0.3 is 0 Å². The van der Waals surface area contributed by atoms with Crippen LogP contribution in [-0.4, -0.2) is 48.6 Å². The Kier molecular flexibility index (Phi) is 9.07. The van der Waals surface area contributed by atoms with Crippen molar-refractivity contribution in [2.45, 2.75) is 57.5 Å². The SMILES string of the molecule is CCN(CCNC(=O)C1(CC)CCCN1)C1CC1.Cl.Cl. The number of hydrogen-bond donors (Lipinski definition) is 2. The monoisotopic (exact) mass is 325 g/mol. The Morgan fingerprint density at radius 2 is 2.05 bits per heavy atom. The van der Waals surface area contributed by atoms with Crippen LogP contribution in [0.1, 0.15) is 46.0 Å². The van der Waals surface area contributed by atoms with E-state index in [9.17, 15) is 4.79 Å². The van der Waals surface area contributed by atoms with Crippen molar-refractivity contribution in [1.29, 1.82) is 0 Å². The van der Waals surface area contributed by atoms with Crippen LogP contribution in [0, 0.1) is 0 Å². The lowest BCUT2D eigenvalue weighted by Crippen LogP contribution is -2.54. The average Bonchev–Trinajstić information content (AvgIpc) is 3.11. The van der Waals surface area contributed by atoms with Crippen LogP contribution in [0.4, 0.5) is 0 Å². The highest BCUT2D eigenvalue weighted by Gasteiger charge is 2.38. The molecular weight excluding hydrogens is 297 g/mol. The summed E-state index contributed by atoms with van der Waals surface area (Å²) in [4.78, 5) is 14.7. The first-order valence-corrected chi connectivity index (χ1v) is 7.49. The van der Waals surface area contributed by atoms with Gasteiger partial charge in [0.1, 0.15) is 0 Å². The standard InChI is InChI=1S/C14H27N3O.2ClH/c1-3-14(8-5-9-16-14)13(18)15-10-11-17(4-2)12-6-7-12;;/h12,16H,3-11H2,1-2H3,(H,15,18);2*1H. The van der Waals surface area contributed by atoms with Crippen molar-refractivity contribution in [3.8, 4) is 0 Å². The molecule has 0 spiro atoms. The lowest BCUT2D eigenvalue weighted by molar-refractivity contribution is -0.127. The highest BCUT2D eigenvalue weighted by Crippen LogP contribution is 2.26. The molecule has 4 nitrogen and oxygen atoms in total. The lowest BCUT2D eigenvalue weighted by Gasteiger charge is -2.27. The molecule has 0 bridgehead atoms. The third kappa shape index (κ3) is 4.76. The highest BCUT2D eigenvalue weighted by molar-refractivity contribution is 5.86. The van der Waals surface area contributed by atoms with Crippen LogP contribution in [0.3, 0.4) is 0 Å². The zero-order valence-electron chi connectivity index (χ0n) is 12.6. The Labute approximate surface area is 135 Å². The van der Waals surface area contributed by atoms with Crippen molar-refractivity contribution in [3.05, 3.63) is 0 Å². The summed E-state index contributed by atoms with van der Waals surface area (Å²) in [6.45, 7) is 8.15. The van der Waals surface area contributed by atoms with E-state index in [2.05, 4.69) is 29.4 Å². The molecule has 1 aliphatic carbocycles. The Hall–Kier alpha value is -0.0300. The van der Waals surface area contributed by atoms with Gasteiger partial charge in [0, 0.05) is 19.1 Å². The fourth-order valence-electron chi connectivity index (χ4n) is 2.98. The maximum Gasteiger partial charge on any atom is 0.240 e. The van der Waals surface area contributed by atoms with Gasteiger partial charge in [0.2, 0.25) is 5.91 Å². The summed E-state index contributed by atoms with van der Waals surface area (Å²) >= 11 is 0. The molecule has 6 heteroatoms. The van der Waals surface area contributed by atoms with Gasteiger partial charge < -0.3 is 10.6 Å². The minimum atomic E-state index is -0.281. The maximum atomic E-state index is 12.3. The van der Waals surface area contributed by atoms with Gasteiger partial charge in [-0.2, -0.15) is 0 Å². The minimum absolute atomic E-state index is 0. The molecule has 1 heterocycles. The van der Waals surface area contributed by atoms with E-state index in [-0.39, 0.29) is 36.3 Å². The van der Waals surface area contributed by atoms with Crippen LogP contribution in [-0.2, 0) is 4.79 Å². The molecule has 1 unspecified atom stereocenters. The summed E-state index contributed by atoms with van der Waals surface area (Å²) in [6.07, 6.45) is 5.66. The first kappa shape index (κ1) is 20.0. The van der Waals surface area contributed by atoms with E-state index in [0.29, 0.717) is 0 Å². The predicted octanol–water partition coefficient (Wildman–Crippen LogP) is 1.96. The van der Waals surface area contributed by atoms with Gasteiger partial charge in [-0.15, -0.1) is 24.8 Å². The van der Waals surface area contributed by atoms with E-state index in [0.717, 1.165) is 51.5 Å². The number of rotatable bonds is 7. The molecule has 1 saturated heterocycles. The molecule has 2 N–H and O–H groups in total. The Morgan fingerprint density at radius 1 is 1.35 bits per heavy atom. The zero-order chi connectivity index (χ0) is 13.0. The number of amides is 1. The van der Waals surface area contributed by atoms with Gasteiger partial charge in [0.25, 0.3) is 0 Å². The molecule has 1 amide bonds. The summed E-state index contributed by atoms with van der Waals surface area (Å²) in [5.41, 5.74) is -0.281. The van der Waals surface area contributed by atoms with E-state index in [4.69, 9.17) is 0 Å². The normalized spacial score (nSPS) is 24.9. The van der Waals surface area contributed by atoms with Gasteiger partial charge in [0.15, 0.2) is 0 Å². The van der Waals surface area contributed by atoms with E-state index in [1.54, 1.807) is 0 Å².